The summed E-state index contributed by atoms with van der Waals surface area (Å²) in [6.07, 6.45) is 3.12. The Morgan fingerprint density at radius 1 is 1.20 bits per heavy atom. The van der Waals surface area contributed by atoms with E-state index >= 15 is 0 Å². The number of carboxylic acids is 1. The number of nitrogens with one attached hydrogen (secondary N) is 2. The van der Waals surface area contributed by atoms with E-state index in [1.165, 1.54) is 6.07 Å². The molecule has 1 aromatic carbocycles. The molecule has 110 valence electrons. The first kappa shape index (κ1) is 16.0. The van der Waals surface area contributed by atoms with Crippen LogP contribution in [0.2, 0.25) is 0 Å². The first-order valence-corrected chi connectivity index (χ1v) is 6.85. The van der Waals surface area contributed by atoms with Gasteiger partial charge in [0.1, 0.15) is 0 Å². The Morgan fingerprint density at radius 3 is 2.50 bits per heavy atom. The first-order chi connectivity index (χ1) is 9.45. The van der Waals surface area contributed by atoms with Crippen molar-refractivity contribution in [2.24, 2.45) is 0 Å². The lowest BCUT2D eigenvalue weighted by atomic mass is 10.0. The summed E-state index contributed by atoms with van der Waals surface area (Å²) in [5, 5.41) is 14.5. The fourth-order valence-electron chi connectivity index (χ4n) is 1.91. The van der Waals surface area contributed by atoms with Gasteiger partial charge in [0.25, 0.3) is 0 Å². The number of amides is 2. The van der Waals surface area contributed by atoms with Gasteiger partial charge in [-0.05, 0) is 43.5 Å². The molecule has 0 aliphatic carbocycles. The summed E-state index contributed by atoms with van der Waals surface area (Å²) in [7, 11) is 0. The van der Waals surface area contributed by atoms with Crippen molar-refractivity contribution in [1.82, 2.24) is 5.32 Å². The Bertz CT molecular complexity index is 498. The fourth-order valence-corrected chi connectivity index (χ4v) is 1.91. The van der Waals surface area contributed by atoms with E-state index in [0.29, 0.717) is 17.8 Å². The molecule has 0 saturated carbocycles. The number of unbranched alkanes of at least 4 members (excludes halogenated alkanes) is 2. The molecule has 2 amide bonds. The molecule has 0 aliphatic rings. The van der Waals surface area contributed by atoms with Gasteiger partial charge in [0.15, 0.2) is 0 Å². The van der Waals surface area contributed by atoms with E-state index in [1.807, 2.05) is 6.92 Å². The van der Waals surface area contributed by atoms with Crippen molar-refractivity contribution in [3.8, 4) is 0 Å². The number of benzene rings is 1. The van der Waals surface area contributed by atoms with Crippen LogP contribution in [0.4, 0.5) is 10.5 Å². The third-order valence-electron chi connectivity index (χ3n) is 3.22. The van der Waals surface area contributed by atoms with Crippen LogP contribution in [-0.2, 0) is 0 Å². The van der Waals surface area contributed by atoms with Gasteiger partial charge in [-0.3, -0.25) is 0 Å². The number of carboxylic acid groups (broad SMARTS) is 1. The minimum absolute atomic E-state index is 0.214. The number of aryl methyl sites for hydroxylation is 1. The Labute approximate surface area is 119 Å². The highest BCUT2D eigenvalue weighted by atomic mass is 16.4. The average molecular weight is 278 g/mol. The lowest BCUT2D eigenvalue weighted by Gasteiger charge is -2.11. The summed E-state index contributed by atoms with van der Waals surface area (Å²) in [5.74, 6) is -0.988. The van der Waals surface area contributed by atoms with Crippen LogP contribution in [0.1, 0.15) is 47.7 Å². The van der Waals surface area contributed by atoms with Crippen LogP contribution in [0.3, 0.4) is 0 Å². The van der Waals surface area contributed by atoms with Crippen LogP contribution in [0.25, 0.3) is 0 Å². The normalized spacial score (nSPS) is 10.2. The molecule has 20 heavy (non-hydrogen) atoms. The number of hydrogen-bond donors (Lipinski definition) is 3. The third-order valence-corrected chi connectivity index (χ3v) is 3.22. The van der Waals surface area contributed by atoms with E-state index in [-0.39, 0.29) is 11.6 Å². The smallest absolute Gasteiger partial charge is 0.336 e. The van der Waals surface area contributed by atoms with Gasteiger partial charge in [0.05, 0.1) is 5.56 Å². The van der Waals surface area contributed by atoms with E-state index in [1.54, 1.807) is 13.0 Å². The SMILES string of the molecule is CCCCCNC(=O)Nc1cc(C)c(C)c(C(=O)O)c1. The molecule has 0 unspecified atom stereocenters. The second-order valence-electron chi connectivity index (χ2n) is 4.86. The lowest BCUT2D eigenvalue weighted by molar-refractivity contribution is 0.0696. The summed E-state index contributed by atoms with van der Waals surface area (Å²) in [6.45, 7) is 6.30. The minimum Gasteiger partial charge on any atom is -0.478 e. The summed E-state index contributed by atoms with van der Waals surface area (Å²) in [4.78, 5) is 22.8. The Balaban J connectivity index is 2.68. The highest BCUT2D eigenvalue weighted by Crippen LogP contribution is 2.20. The maximum absolute atomic E-state index is 11.7. The van der Waals surface area contributed by atoms with E-state index in [2.05, 4.69) is 17.6 Å². The topological polar surface area (TPSA) is 78.4 Å². The van der Waals surface area contributed by atoms with Crippen molar-refractivity contribution >= 4 is 17.7 Å². The molecule has 5 heteroatoms. The molecule has 0 aliphatic heterocycles. The Kier molecular flexibility index (Phi) is 6.03. The molecule has 0 atom stereocenters. The number of rotatable bonds is 6. The predicted molar refractivity (Wildman–Crippen MR) is 79.4 cm³/mol. The van der Waals surface area contributed by atoms with E-state index < -0.39 is 5.97 Å². The zero-order valence-electron chi connectivity index (χ0n) is 12.2. The van der Waals surface area contributed by atoms with E-state index in [4.69, 9.17) is 5.11 Å². The van der Waals surface area contributed by atoms with Gasteiger partial charge >= 0.3 is 12.0 Å². The average Bonchev–Trinajstić information content (AvgIpc) is 2.38. The maximum Gasteiger partial charge on any atom is 0.336 e. The molecular formula is C15H22N2O3. The summed E-state index contributed by atoms with van der Waals surface area (Å²) >= 11 is 0. The number of urea groups is 1. The highest BCUT2D eigenvalue weighted by Gasteiger charge is 2.12. The molecule has 5 nitrogen and oxygen atoms in total. The first-order valence-electron chi connectivity index (χ1n) is 6.85. The Hall–Kier alpha value is -2.04. The van der Waals surface area contributed by atoms with Crippen LogP contribution >= 0.6 is 0 Å². The summed E-state index contributed by atoms with van der Waals surface area (Å²) in [6, 6.07) is 2.95. The zero-order valence-corrected chi connectivity index (χ0v) is 12.2. The molecule has 0 bridgehead atoms. The van der Waals surface area contributed by atoms with Crippen molar-refractivity contribution in [2.75, 3.05) is 11.9 Å². The standard InChI is InChI=1S/C15H22N2O3/c1-4-5-6-7-16-15(20)17-12-8-10(2)11(3)13(9-12)14(18)19/h8-9H,4-7H2,1-3H3,(H,18,19)(H2,16,17,20). The number of anilines is 1. The van der Waals surface area contributed by atoms with Gasteiger partial charge in [-0.15, -0.1) is 0 Å². The quantitative estimate of drug-likeness (QED) is 0.698. The maximum atomic E-state index is 11.7. The van der Waals surface area contributed by atoms with E-state index in [9.17, 15) is 9.59 Å². The van der Waals surface area contributed by atoms with Gasteiger partial charge in [0.2, 0.25) is 0 Å². The molecule has 3 N–H and O–H groups in total. The third kappa shape index (κ3) is 4.57. The minimum atomic E-state index is -0.988. The molecule has 0 saturated heterocycles. The van der Waals surface area contributed by atoms with Crippen molar-refractivity contribution in [3.63, 3.8) is 0 Å². The van der Waals surface area contributed by atoms with Gasteiger partial charge < -0.3 is 15.7 Å². The second-order valence-corrected chi connectivity index (χ2v) is 4.86. The van der Waals surface area contributed by atoms with Gasteiger partial charge in [0, 0.05) is 12.2 Å². The largest absolute Gasteiger partial charge is 0.478 e. The molecule has 0 radical (unpaired) electrons. The second kappa shape index (κ2) is 7.53. The molecule has 1 rings (SSSR count). The van der Waals surface area contributed by atoms with E-state index in [0.717, 1.165) is 24.8 Å². The number of aromatic carboxylic acids is 1. The molecule has 1 aromatic rings. The monoisotopic (exact) mass is 278 g/mol. The molecule has 0 fully saturated rings. The number of hydrogen-bond acceptors (Lipinski definition) is 2. The van der Waals surface area contributed by atoms with Gasteiger partial charge in [-0.1, -0.05) is 19.8 Å². The summed E-state index contributed by atoms with van der Waals surface area (Å²) in [5.41, 5.74) is 2.27. The van der Waals surface area contributed by atoms with Crippen LogP contribution in [-0.4, -0.2) is 23.7 Å². The van der Waals surface area contributed by atoms with Crippen molar-refractivity contribution < 1.29 is 14.7 Å². The van der Waals surface area contributed by atoms with Crippen LogP contribution < -0.4 is 10.6 Å². The number of carbonyl (C=O) groups is 2. The lowest BCUT2D eigenvalue weighted by Crippen LogP contribution is -2.29. The molecule has 0 aromatic heterocycles. The van der Waals surface area contributed by atoms with Crippen LogP contribution in [0.5, 0.6) is 0 Å². The Morgan fingerprint density at radius 2 is 1.90 bits per heavy atom. The molecular weight excluding hydrogens is 256 g/mol. The highest BCUT2D eigenvalue weighted by molar-refractivity contribution is 5.94. The van der Waals surface area contributed by atoms with Crippen molar-refractivity contribution in [1.29, 1.82) is 0 Å². The fraction of sp³-hybridized carbons (Fsp3) is 0.467. The molecule has 0 heterocycles. The van der Waals surface area contributed by atoms with Gasteiger partial charge in [-0.2, -0.15) is 0 Å². The zero-order chi connectivity index (χ0) is 15.1. The van der Waals surface area contributed by atoms with Crippen LogP contribution in [0, 0.1) is 13.8 Å². The van der Waals surface area contributed by atoms with Crippen molar-refractivity contribution in [2.45, 2.75) is 40.0 Å². The summed E-state index contributed by atoms with van der Waals surface area (Å²) < 4.78 is 0. The number of carbonyl (C=O) groups excluding carboxylic acids is 1. The van der Waals surface area contributed by atoms with Crippen molar-refractivity contribution in [3.05, 3.63) is 28.8 Å². The molecule has 0 spiro atoms. The van der Waals surface area contributed by atoms with Crippen LogP contribution in [0.15, 0.2) is 12.1 Å². The predicted octanol–water partition coefficient (Wildman–Crippen LogP) is 3.31. The van der Waals surface area contributed by atoms with Gasteiger partial charge in [-0.25, -0.2) is 9.59 Å².